The van der Waals surface area contributed by atoms with Crippen molar-refractivity contribution in [3.8, 4) is 5.75 Å². The van der Waals surface area contributed by atoms with Crippen LogP contribution >= 0.6 is 0 Å². The fourth-order valence-electron chi connectivity index (χ4n) is 2.48. The van der Waals surface area contributed by atoms with E-state index in [1.165, 1.54) is 6.42 Å². The Hall–Kier alpha value is -1.51. The van der Waals surface area contributed by atoms with Crippen LogP contribution in [0.1, 0.15) is 30.4 Å². The lowest BCUT2D eigenvalue weighted by Gasteiger charge is -2.26. The van der Waals surface area contributed by atoms with Gasteiger partial charge >= 0.3 is 0 Å². The summed E-state index contributed by atoms with van der Waals surface area (Å²) >= 11 is 0. The van der Waals surface area contributed by atoms with E-state index in [0.29, 0.717) is 6.42 Å². The van der Waals surface area contributed by atoms with E-state index in [0.717, 1.165) is 42.8 Å². The van der Waals surface area contributed by atoms with Crippen molar-refractivity contribution in [1.82, 2.24) is 4.90 Å². The van der Waals surface area contributed by atoms with Crippen LogP contribution in [0, 0.1) is 6.92 Å². The van der Waals surface area contributed by atoms with Crippen LogP contribution in [0.4, 0.5) is 0 Å². The highest BCUT2D eigenvalue weighted by Gasteiger charge is 2.16. The van der Waals surface area contributed by atoms with Gasteiger partial charge in [0.15, 0.2) is 0 Å². The van der Waals surface area contributed by atoms with Gasteiger partial charge in [-0.25, -0.2) is 0 Å². The molecule has 0 radical (unpaired) electrons. The number of piperidine rings is 1. The highest BCUT2D eigenvalue weighted by atomic mass is 16.5. The Morgan fingerprint density at radius 2 is 2.00 bits per heavy atom. The molecule has 1 aliphatic rings. The molecule has 0 bridgehead atoms. The zero-order chi connectivity index (χ0) is 13.0. The summed E-state index contributed by atoms with van der Waals surface area (Å²) in [5.41, 5.74) is 2.16. The summed E-state index contributed by atoms with van der Waals surface area (Å²) in [4.78, 5) is 14.1. The van der Waals surface area contributed by atoms with Crippen molar-refractivity contribution in [3.05, 3.63) is 29.3 Å². The van der Waals surface area contributed by atoms with Crippen LogP contribution < -0.4 is 4.74 Å². The van der Waals surface area contributed by atoms with Gasteiger partial charge in [0.1, 0.15) is 5.75 Å². The third-order valence-corrected chi connectivity index (χ3v) is 3.52. The second-order valence-electron chi connectivity index (χ2n) is 4.92. The molecule has 1 fully saturated rings. The highest BCUT2D eigenvalue weighted by Crippen LogP contribution is 2.19. The molecule has 3 heteroatoms. The molecule has 1 aliphatic heterocycles. The lowest BCUT2D eigenvalue weighted by atomic mass is 10.1. The summed E-state index contributed by atoms with van der Waals surface area (Å²) in [6.07, 6.45) is 4.05. The van der Waals surface area contributed by atoms with Crippen molar-refractivity contribution < 1.29 is 9.53 Å². The standard InChI is InChI=1S/C15H21NO2/c1-12-10-13(6-7-14(12)18-2)11-15(17)16-8-4-3-5-9-16/h6-7,10H,3-5,8-9,11H2,1-2H3. The summed E-state index contributed by atoms with van der Waals surface area (Å²) in [5, 5.41) is 0. The molecule has 1 saturated heterocycles. The molecule has 2 rings (SSSR count). The van der Waals surface area contributed by atoms with Gasteiger partial charge in [0.05, 0.1) is 13.5 Å². The lowest BCUT2D eigenvalue weighted by molar-refractivity contribution is -0.131. The molecule has 0 spiro atoms. The highest BCUT2D eigenvalue weighted by molar-refractivity contribution is 5.79. The zero-order valence-corrected chi connectivity index (χ0v) is 11.2. The van der Waals surface area contributed by atoms with Crippen LogP contribution in [0.5, 0.6) is 5.75 Å². The number of methoxy groups -OCH3 is 1. The summed E-state index contributed by atoms with van der Waals surface area (Å²) in [6, 6.07) is 5.96. The predicted octanol–water partition coefficient (Wildman–Crippen LogP) is 2.56. The van der Waals surface area contributed by atoms with Gasteiger partial charge in [-0.1, -0.05) is 12.1 Å². The normalized spacial score (nSPS) is 15.6. The number of benzene rings is 1. The van der Waals surface area contributed by atoms with Crippen LogP contribution in [0.2, 0.25) is 0 Å². The fourth-order valence-corrected chi connectivity index (χ4v) is 2.48. The average Bonchev–Trinajstić information content (AvgIpc) is 2.40. The third-order valence-electron chi connectivity index (χ3n) is 3.52. The van der Waals surface area contributed by atoms with Crippen LogP contribution in [-0.2, 0) is 11.2 Å². The van der Waals surface area contributed by atoms with E-state index in [1.807, 2.05) is 30.0 Å². The zero-order valence-electron chi connectivity index (χ0n) is 11.2. The summed E-state index contributed by atoms with van der Waals surface area (Å²) in [7, 11) is 1.67. The molecule has 98 valence electrons. The number of nitrogens with zero attached hydrogens (tertiary/aromatic N) is 1. The molecule has 0 saturated carbocycles. The van der Waals surface area contributed by atoms with Crippen LogP contribution in [0.25, 0.3) is 0 Å². The first kappa shape index (κ1) is 12.9. The van der Waals surface area contributed by atoms with E-state index in [1.54, 1.807) is 7.11 Å². The Morgan fingerprint density at radius 3 is 2.61 bits per heavy atom. The van der Waals surface area contributed by atoms with E-state index >= 15 is 0 Å². The molecular formula is C15H21NO2. The maximum atomic E-state index is 12.1. The van der Waals surface area contributed by atoms with E-state index in [-0.39, 0.29) is 5.91 Å². The maximum absolute atomic E-state index is 12.1. The molecule has 0 atom stereocenters. The summed E-state index contributed by atoms with van der Waals surface area (Å²) in [6.45, 7) is 3.86. The number of aryl methyl sites for hydroxylation is 1. The van der Waals surface area contributed by atoms with Crippen molar-refractivity contribution in [2.24, 2.45) is 0 Å². The largest absolute Gasteiger partial charge is 0.496 e. The van der Waals surface area contributed by atoms with Crippen molar-refractivity contribution in [2.75, 3.05) is 20.2 Å². The molecule has 0 aliphatic carbocycles. The van der Waals surface area contributed by atoms with E-state index in [2.05, 4.69) is 0 Å². The fraction of sp³-hybridized carbons (Fsp3) is 0.533. The number of likely N-dealkylation sites (tertiary alicyclic amines) is 1. The first-order valence-electron chi connectivity index (χ1n) is 6.62. The Labute approximate surface area is 109 Å². The first-order chi connectivity index (χ1) is 8.70. The molecule has 1 aromatic rings. The van der Waals surface area contributed by atoms with Crippen LogP contribution in [0.3, 0.4) is 0 Å². The third kappa shape index (κ3) is 3.03. The van der Waals surface area contributed by atoms with Crippen LogP contribution in [0.15, 0.2) is 18.2 Å². The molecule has 18 heavy (non-hydrogen) atoms. The quantitative estimate of drug-likeness (QED) is 0.821. The monoisotopic (exact) mass is 247 g/mol. The molecule has 1 aromatic carbocycles. The molecule has 0 aromatic heterocycles. The number of ether oxygens (including phenoxy) is 1. The summed E-state index contributed by atoms with van der Waals surface area (Å²) in [5.74, 6) is 1.13. The van der Waals surface area contributed by atoms with E-state index in [9.17, 15) is 4.79 Å². The van der Waals surface area contributed by atoms with Gasteiger partial charge in [-0.3, -0.25) is 4.79 Å². The molecule has 1 heterocycles. The Bertz CT molecular complexity index is 423. The van der Waals surface area contributed by atoms with Gasteiger partial charge < -0.3 is 9.64 Å². The Kier molecular flexibility index (Phi) is 4.24. The number of carbonyl (C=O) groups excluding carboxylic acids is 1. The number of hydrogen-bond acceptors (Lipinski definition) is 2. The minimum Gasteiger partial charge on any atom is -0.496 e. The molecule has 0 N–H and O–H groups in total. The van der Waals surface area contributed by atoms with Crippen molar-refractivity contribution in [2.45, 2.75) is 32.6 Å². The molecule has 1 amide bonds. The second-order valence-corrected chi connectivity index (χ2v) is 4.92. The summed E-state index contributed by atoms with van der Waals surface area (Å²) < 4.78 is 5.23. The van der Waals surface area contributed by atoms with Gasteiger partial charge in [0, 0.05) is 13.1 Å². The first-order valence-corrected chi connectivity index (χ1v) is 6.62. The van der Waals surface area contributed by atoms with E-state index < -0.39 is 0 Å². The lowest BCUT2D eigenvalue weighted by Crippen LogP contribution is -2.36. The van der Waals surface area contributed by atoms with Crippen molar-refractivity contribution in [3.63, 3.8) is 0 Å². The Morgan fingerprint density at radius 1 is 1.28 bits per heavy atom. The number of carbonyl (C=O) groups is 1. The smallest absolute Gasteiger partial charge is 0.226 e. The number of rotatable bonds is 3. The molecule has 3 nitrogen and oxygen atoms in total. The van der Waals surface area contributed by atoms with Crippen molar-refractivity contribution >= 4 is 5.91 Å². The topological polar surface area (TPSA) is 29.5 Å². The molecular weight excluding hydrogens is 226 g/mol. The number of amides is 1. The minimum absolute atomic E-state index is 0.249. The second kappa shape index (κ2) is 5.89. The van der Waals surface area contributed by atoms with Crippen molar-refractivity contribution in [1.29, 1.82) is 0 Å². The van der Waals surface area contributed by atoms with E-state index in [4.69, 9.17) is 4.74 Å². The maximum Gasteiger partial charge on any atom is 0.226 e. The van der Waals surface area contributed by atoms with Gasteiger partial charge in [0.2, 0.25) is 5.91 Å². The van der Waals surface area contributed by atoms with Gasteiger partial charge in [0.25, 0.3) is 0 Å². The minimum atomic E-state index is 0.249. The van der Waals surface area contributed by atoms with Crippen LogP contribution in [-0.4, -0.2) is 31.0 Å². The van der Waals surface area contributed by atoms with Gasteiger partial charge in [-0.2, -0.15) is 0 Å². The number of hydrogen-bond donors (Lipinski definition) is 0. The van der Waals surface area contributed by atoms with Gasteiger partial charge in [-0.05, 0) is 43.4 Å². The Balaban J connectivity index is 2.00. The average molecular weight is 247 g/mol. The molecule has 0 unspecified atom stereocenters. The predicted molar refractivity (Wildman–Crippen MR) is 71.9 cm³/mol. The SMILES string of the molecule is COc1ccc(CC(=O)N2CCCCC2)cc1C. The van der Waals surface area contributed by atoms with Gasteiger partial charge in [-0.15, -0.1) is 0 Å².